The van der Waals surface area contributed by atoms with Crippen molar-refractivity contribution in [2.24, 2.45) is 0 Å². The van der Waals surface area contributed by atoms with Crippen LogP contribution in [0.4, 0.5) is 19.0 Å². The highest BCUT2D eigenvalue weighted by Gasteiger charge is 2.35. The molecule has 6 heteroatoms. The third-order valence-corrected chi connectivity index (χ3v) is 3.14. The molecule has 0 amide bonds. The minimum absolute atomic E-state index is 0.0562. The minimum Gasteiger partial charge on any atom is -0.389 e. The summed E-state index contributed by atoms with van der Waals surface area (Å²) in [5.74, 6) is 0.551. The number of anilines is 1. The molecule has 0 fully saturated rings. The molecule has 0 saturated carbocycles. The predicted molar refractivity (Wildman–Crippen MR) is 65.8 cm³/mol. The molecule has 0 saturated heterocycles. The highest BCUT2D eigenvalue weighted by atomic mass is 19.4. The van der Waals surface area contributed by atoms with Gasteiger partial charge in [-0.3, -0.25) is 0 Å². The molecule has 3 nitrogen and oxygen atoms in total. The van der Waals surface area contributed by atoms with Crippen molar-refractivity contribution in [2.75, 3.05) is 18.0 Å². The molecule has 0 aliphatic carbocycles. The van der Waals surface area contributed by atoms with Crippen LogP contribution in [0, 0.1) is 0 Å². The Bertz CT molecular complexity index is 483. The number of rotatable bonds is 2. The van der Waals surface area contributed by atoms with Gasteiger partial charge in [0.25, 0.3) is 0 Å². The number of aromatic nitrogens is 1. The van der Waals surface area contributed by atoms with E-state index >= 15 is 0 Å². The van der Waals surface area contributed by atoms with Crippen molar-refractivity contribution < 1.29 is 18.3 Å². The van der Waals surface area contributed by atoms with Crippen molar-refractivity contribution in [3.05, 3.63) is 35.5 Å². The molecule has 2 rings (SSSR count). The van der Waals surface area contributed by atoms with Crippen LogP contribution >= 0.6 is 0 Å². The lowest BCUT2D eigenvalue weighted by atomic mass is 10.1. The molecule has 19 heavy (non-hydrogen) atoms. The lowest BCUT2D eigenvalue weighted by Gasteiger charge is -2.30. The van der Waals surface area contributed by atoms with Crippen LogP contribution in [0.5, 0.6) is 0 Å². The zero-order chi connectivity index (χ0) is 14.0. The second-order valence-electron chi connectivity index (χ2n) is 4.52. The number of hydrogen-bond acceptors (Lipinski definition) is 3. The average molecular weight is 272 g/mol. The Morgan fingerprint density at radius 1 is 1.42 bits per heavy atom. The highest BCUT2D eigenvalue weighted by molar-refractivity contribution is 5.49. The molecule has 1 aromatic heterocycles. The maximum absolute atomic E-state index is 12.5. The predicted octanol–water partition coefficient (Wildman–Crippen LogP) is 2.83. The Labute approximate surface area is 109 Å². The van der Waals surface area contributed by atoms with Gasteiger partial charge in [0.05, 0.1) is 6.10 Å². The Morgan fingerprint density at radius 2 is 2.16 bits per heavy atom. The first-order chi connectivity index (χ1) is 8.89. The van der Waals surface area contributed by atoms with E-state index in [-0.39, 0.29) is 19.5 Å². The fourth-order valence-corrected chi connectivity index (χ4v) is 2.12. The molecule has 0 aromatic carbocycles. The van der Waals surface area contributed by atoms with E-state index in [1.165, 1.54) is 6.08 Å². The third-order valence-electron chi connectivity index (χ3n) is 3.14. The molecule has 1 atom stereocenters. The van der Waals surface area contributed by atoms with Crippen molar-refractivity contribution in [3.63, 3.8) is 0 Å². The number of pyridine rings is 1. The molecule has 2 heterocycles. The molecule has 1 N–H and O–H groups in total. The van der Waals surface area contributed by atoms with E-state index in [4.69, 9.17) is 0 Å². The molecule has 0 bridgehead atoms. The van der Waals surface area contributed by atoms with E-state index < -0.39 is 17.9 Å². The van der Waals surface area contributed by atoms with Crippen molar-refractivity contribution >= 4 is 5.82 Å². The summed E-state index contributed by atoms with van der Waals surface area (Å²) in [5, 5.41) is 9.65. The van der Waals surface area contributed by atoms with Crippen LogP contribution in [0.25, 0.3) is 0 Å². The maximum Gasteiger partial charge on any atom is 0.412 e. The van der Waals surface area contributed by atoms with Crippen LogP contribution < -0.4 is 4.90 Å². The van der Waals surface area contributed by atoms with Gasteiger partial charge in [0, 0.05) is 30.4 Å². The van der Waals surface area contributed by atoms with Gasteiger partial charge in [-0.05, 0) is 19.4 Å². The summed E-state index contributed by atoms with van der Waals surface area (Å²) in [7, 11) is 0. The van der Waals surface area contributed by atoms with Crippen LogP contribution in [-0.2, 0) is 0 Å². The zero-order valence-electron chi connectivity index (χ0n) is 10.5. The standard InChI is InChI=1S/C13H15F3N2O/c1-9(19)11-3-2-6-17-12(11)18-7-4-10(5-8-18)13(14,15)16/h2-4,6,9,19H,5,7-8H2,1H3. The molecule has 0 spiro atoms. The Morgan fingerprint density at radius 3 is 2.68 bits per heavy atom. The normalized spacial score (nSPS) is 18.2. The van der Waals surface area contributed by atoms with Gasteiger partial charge < -0.3 is 10.0 Å². The number of nitrogens with zero attached hydrogens (tertiary/aromatic N) is 2. The fraction of sp³-hybridized carbons (Fsp3) is 0.462. The van der Waals surface area contributed by atoms with Crippen LogP contribution in [-0.4, -0.2) is 29.4 Å². The second-order valence-corrected chi connectivity index (χ2v) is 4.52. The smallest absolute Gasteiger partial charge is 0.389 e. The largest absolute Gasteiger partial charge is 0.412 e. The molecule has 1 aliphatic rings. The van der Waals surface area contributed by atoms with E-state index in [1.54, 1.807) is 30.2 Å². The van der Waals surface area contributed by atoms with Crippen molar-refractivity contribution in [1.29, 1.82) is 0 Å². The molecule has 1 aliphatic heterocycles. The van der Waals surface area contributed by atoms with Crippen molar-refractivity contribution in [3.8, 4) is 0 Å². The van der Waals surface area contributed by atoms with Crippen LogP contribution in [0.2, 0.25) is 0 Å². The SMILES string of the molecule is CC(O)c1cccnc1N1CC=C(C(F)(F)F)CC1. The number of aliphatic hydroxyl groups excluding tert-OH is 1. The quantitative estimate of drug-likeness (QED) is 0.841. The van der Waals surface area contributed by atoms with Gasteiger partial charge in [-0.15, -0.1) is 0 Å². The summed E-state index contributed by atoms with van der Waals surface area (Å²) in [6, 6.07) is 3.43. The Hall–Kier alpha value is -1.56. The first-order valence-corrected chi connectivity index (χ1v) is 6.03. The maximum atomic E-state index is 12.5. The monoisotopic (exact) mass is 272 g/mol. The van der Waals surface area contributed by atoms with Crippen molar-refractivity contribution in [1.82, 2.24) is 4.98 Å². The first-order valence-electron chi connectivity index (χ1n) is 6.03. The first kappa shape index (κ1) is 13.9. The lowest BCUT2D eigenvalue weighted by Crippen LogP contribution is -2.33. The van der Waals surface area contributed by atoms with Gasteiger partial charge in [0.1, 0.15) is 5.82 Å². The fourth-order valence-electron chi connectivity index (χ4n) is 2.12. The van der Waals surface area contributed by atoms with Crippen LogP contribution in [0.3, 0.4) is 0 Å². The van der Waals surface area contributed by atoms with Gasteiger partial charge in [-0.1, -0.05) is 12.1 Å². The van der Waals surface area contributed by atoms with Gasteiger partial charge in [0.2, 0.25) is 0 Å². The summed E-state index contributed by atoms with van der Waals surface area (Å²) in [4.78, 5) is 5.91. The van der Waals surface area contributed by atoms with E-state index in [0.717, 1.165) is 0 Å². The molecular formula is C13H15F3N2O. The Kier molecular flexibility index (Phi) is 3.80. The van der Waals surface area contributed by atoms with E-state index in [0.29, 0.717) is 11.4 Å². The van der Waals surface area contributed by atoms with Crippen LogP contribution in [0.1, 0.15) is 25.0 Å². The summed E-state index contributed by atoms with van der Waals surface area (Å²) in [5.41, 5.74) is 0.143. The number of hydrogen-bond donors (Lipinski definition) is 1. The van der Waals surface area contributed by atoms with Gasteiger partial charge in [0.15, 0.2) is 0 Å². The van der Waals surface area contributed by atoms with Gasteiger partial charge in [-0.2, -0.15) is 13.2 Å². The number of halogens is 3. The summed E-state index contributed by atoms with van der Waals surface area (Å²) >= 11 is 0. The van der Waals surface area contributed by atoms with E-state index in [2.05, 4.69) is 4.98 Å². The van der Waals surface area contributed by atoms with Gasteiger partial charge >= 0.3 is 6.18 Å². The highest BCUT2D eigenvalue weighted by Crippen LogP contribution is 2.32. The topological polar surface area (TPSA) is 36.4 Å². The Balaban J connectivity index is 2.21. The molecule has 0 radical (unpaired) electrons. The van der Waals surface area contributed by atoms with Crippen molar-refractivity contribution in [2.45, 2.75) is 25.6 Å². The summed E-state index contributed by atoms with van der Waals surface area (Å²) < 4.78 is 37.6. The molecule has 104 valence electrons. The van der Waals surface area contributed by atoms with E-state index in [1.807, 2.05) is 0 Å². The van der Waals surface area contributed by atoms with E-state index in [9.17, 15) is 18.3 Å². The summed E-state index contributed by atoms with van der Waals surface area (Å²) in [6.07, 6.45) is -2.24. The zero-order valence-corrected chi connectivity index (χ0v) is 10.5. The number of alkyl halides is 3. The molecular weight excluding hydrogens is 257 g/mol. The minimum atomic E-state index is -4.25. The van der Waals surface area contributed by atoms with Crippen LogP contribution in [0.15, 0.2) is 30.0 Å². The molecule has 1 aromatic rings. The number of aliphatic hydroxyl groups is 1. The third kappa shape index (κ3) is 3.07. The second kappa shape index (κ2) is 5.21. The molecule has 1 unspecified atom stereocenters. The lowest BCUT2D eigenvalue weighted by molar-refractivity contribution is -0.0944. The average Bonchev–Trinajstić information content (AvgIpc) is 2.38. The van der Waals surface area contributed by atoms with Gasteiger partial charge in [-0.25, -0.2) is 4.98 Å². The summed E-state index contributed by atoms with van der Waals surface area (Å²) in [6.45, 7) is 2.02.